The van der Waals surface area contributed by atoms with E-state index in [0.29, 0.717) is 44.1 Å². The lowest BCUT2D eigenvalue weighted by Crippen LogP contribution is -2.49. The summed E-state index contributed by atoms with van der Waals surface area (Å²) in [6.07, 6.45) is 6.77. The zero-order valence-corrected chi connectivity index (χ0v) is 30.9. The first-order valence-electron chi connectivity index (χ1n) is 17.8. The molecule has 7 rings (SSSR count). The molecular weight excluding hydrogens is 673 g/mol. The van der Waals surface area contributed by atoms with Gasteiger partial charge in [-0.05, 0) is 133 Å². The Morgan fingerprint density at radius 2 is 1.68 bits per heavy atom. The number of sulfonamides is 1. The lowest BCUT2D eigenvalue weighted by atomic mass is 9.70. The summed E-state index contributed by atoms with van der Waals surface area (Å²) in [5.74, 6) is 0.530. The van der Waals surface area contributed by atoms with Crippen LogP contribution in [0.25, 0.3) is 11.0 Å². The van der Waals surface area contributed by atoms with Crippen molar-refractivity contribution in [2.45, 2.75) is 107 Å². The van der Waals surface area contributed by atoms with Crippen LogP contribution in [-0.4, -0.2) is 70.9 Å². The van der Waals surface area contributed by atoms with E-state index in [0.717, 1.165) is 42.7 Å². The van der Waals surface area contributed by atoms with Crippen LogP contribution in [0.3, 0.4) is 0 Å². The summed E-state index contributed by atoms with van der Waals surface area (Å²) in [5, 5.41) is 0.212. The topological polar surface area (TPSA) is 87.5 Å². The van der Waals surface area contributed by atoms with Gasteiger partial charge in [-0.3, -0.25) is 9.69 Å². The molecule has 3 saturated heterocycles. The van der Waals surface area contributed by atoms with Gasteiger partial charge in [0.25, 0.3) is 5.91 Å². The number of fused-ring (bicyclic) bond motifs is 3. The second-order valence-electron chi connectivity index (χ2n) is 15.6. The summed E-state index contributed by atoms with van der Waals surface area (Å²) in [5.41, 5.74) is 2.44. The van der Waals surface area contributed by atoms with Crippen LogP contribution in [0.2, 0.25) is 5.02 Å². The van der Waals surface area contributed by atoms with Gasteiger partial charge >= 0.3 is 0 Å². The summed E-state index contributed by atoms with van der Waals surface area (Å²) in [6.45, 7) is 9.26. The number of rotatable bonds is 8. The zero-order chi connectivity index (χ0) is 35.4. The third-order valence-electron chi connectivity index (χ3n) is 11.2. The molecule has 2 atom stereocenters. The molecule has 2 bridgehead atoms. The van der Waals surface area contributed by atoms with Crippen LogP contribution in [0.15, 0.2) is 71.6 Å². The first kappa shape index (κ1) is 35.1. The van der Waals surface area contributed by atoms with Crippen molar-refractivity contribution in [3.8, 4) is 0 Å². The second kappa shape index (κ2) is 13.3. The molecule has 1 amide bonds. The number of aryl methyl sites for hydroxylation is 1. The van der Waals surface area contributed by atoms with Crippen LogP contribution in [-0.2, 0) is 15.4 Å². The van der Waals surface area contributed by atoms with Gasteiger partial charge in [0.1, 0.15) is 11.6 Å². The predicted octanol–water partition coefficient (Wildman–Crippen LogP) is 7.65. The lowest BCUT2D eigenvalue weighted by Gasteiger charge is -2.45. The standard InChI is InChI=1S/C39H47ClFN5O3S/c1-26-42-35-10-5-6-11-36(35)46(26)31-23-29-12-13-30(24-31)45(29)21-18-39(27-8-7-9-28(41)22-27)16-19-44(20-17-39)37(47)33-25-32(14-15-34(33)40)50(48,49)43-38(2,3)4/h5-11,14-15,22,25,29-31,43H,12-13,16-21,23-24H2,1-4H3. The Hall–Kier alpha value is -3.31. The fourth-order valence-corrected chi connectivity index (χ4v) is 10.5. The highest BCUT2D eigenvalue weighted by molar-refractivity contribution is 7.89. The van der Waals surface area contributed by atoms with E-state index in [1.54, 1.807) is 37.8 Å². The van der Waals surface area contributed by atoms with Gasteiger partial charge in [0.05, 0.1) is 26.5 Å². The Morgan fingerprint density at radius 3 is 2.36 bits per heavy atom. The zero-order valence-electron chi connectivity index (χ0n) is 29.3. The minimum Gasteiger partial charge on any atom is -0.339 e. The van der Waals surface area contributed by atoms with E-state index >= 15 is 0 Å². The van der Waals surface area contributed by atoms with E-state index in [9.17, 15) is 17.6 Å². The van der Waals surface area contributed by atoms with Crippen molar-refractivity contribution in [2.24, 2.45) is 0 Å². The van der Waals surface area contributed by atoms with Crippen LogP contribution in [0.1, 0.15) is 93.5 Å². The second-order valence-corrected chi connectivity index (χ2v) is 17.7. The molecule has 266 valence electrons. The van der Waals surface area contributed by atoms with Crippen molar-refractivity contribution >= 4 is 38.6 Å². The maximum absolute atomic E-state index is 14.7. The maximum Gasteiger partial charge on any atom is 0.255 e. The van der Waals surface area contributed by atoms with Gasteiger partial charge in [-0.25, -0.2) is 22.5 Å². The Bertz CT molecular complexity index is 2000. The molecule has 11 heteroatoms. The Kier molecular flexibility index (Phi) is 9.37. The maximum atomic E-state index is 14.7. The number of imidazole rings is 1. The van der Waals surface area contributed by atoms with Crippen molar-refractivity contribution in [1.82, 2.24) is 24.1 Å². The molecule has 0 radical (unpaired) electrons. The average Bonchev–Trinajstić information content (AvgIpc) is 3.52. The molecule has 2 unspecified atom stereocenters. The third-order valence-corrected chi connectivity index (χ3v) is 13.3. The van der Waals surface area contributed by atoms with E-state index in [1.165, 1.54) is 42.6 Å². The van der Waals surface area contributed by atoms with Gasteiger partial charge < -0.3 is 9.47 Å². The average molecular weight is 720 g/mol. The largest absolute Gasteiger partial charge is 0.339 e. The van der Waals surface area contributed by atoms with E-state index in [1.807, 2.05) is 12.1 Å². The number of hydrogen-bond donors (Lipinski definition) is 1. The van der Waals surface area contributed by atoms with Crippen LogP contribution in [0, 0.1) is 12.7 Å². The molecule has 1 aromatic heterocycles. The number of nitrogens with one attached hydrogen (secondary N) is 1. The predicted molar refractivity (Wildman–Crippen MR) is 196 cm³/mol. The van der Waals surface area contributed by atoms with Gasteiger partial charge in [-0.1, -0.05) is 35.9 Å². The molecule has 3 aromatic carbocycles. The molecular formula is C39H47ClFN5O3S. The Balaban J connectivity index is 1.07. The molecule has 3 aliphatic heterocycles. The summed E-state index contributed by atoms with van der Waals surface area (Å²) in [7, 11) is -3.85. The van der Waals surface area contributed by atoms with Gasteiger partial charge in [0.2, 0.25) is 10.0 Å². The molecule has 3 aliphatic rings. The number of likely N-dealkylation sites (tertiary alicyclic amines) is 1. The number of nitrogens with zero attached hydrogens (tertiary/aromatic N) is 4. The van der Waals surface area contributed by atoms with E-state index in [4.69, 9.17) is 16.6 Å². The summed E-state index contributed by atoms with van der Waals surface area (Å²) >= 11 is 6.50. The van der Waals surface area contributed by atoms with Crippen LogP contribution in [0.5, 0.6) is 0 Å². The summed E-state index contributed by atoms with van der Waals surface area (Å²) in [4.78, 5) is 23.2. The van der Waals surface area contributed by atoms with Crippen LogP contribution >= 0.6 is 11.6 Å². The quantitative estimate of drug-likeness (QED) is 0.202. The normalized spacial score (nSPS) is 22.7. The minimum atomic E-state index is -3.85. The fourth-order valence-electron chi connectivity index (χ4n) is 8.90. The minimum absolute atomic E-state index is 0.000999. The molecule has 50 heavy (non-hydrogen) atoms. The number of benzene rings is 3. The number of carbonyl (C=O) groups is 1. The highest BCUT2D eigenvalue weighted by Crippen LogP contribution is 2.45. The number of halogens is 2. The van der Waals surface area contributed by atoms with E-state index < -0.39 is 15.6 Å². The Morgan fingerprint density at radius 1 is 0.980 bits per heavy atom. The highest BCUT2D eigenvalue weighted by atomic mass is 35.5. The van der Waals surface area contributed by atoms with Crippen molar-refractivity contribution in [3.05, 3.63) is 94.5 Å². The number of carbonyl (C=O) groups excluding carboxylic acids is 1. The van der Waals surface area contributed by atoms with E-state index in [-0.39, 0.29) is 32.6 Å². The SMILES string of the molecule is Cc1nc2ccccc2n1C1CC2CCC(C1)N2CCC1(c2cccc(F)c2)CCN(C(=O)c2cc(S(=O)(=O)NC(C)(C)C)ccc2Cl)CC1. The molecule has 0 spiro atoms. The number of amides is 1. The van der Waals surface area contributed by atoms with Crippen molar-refractivity contribution in [1.29, 1.82) is 0 Å². The van der Waals surface area contributed by atoms with Crippen molar-refractivity contribution < 1.29 is 17.6 Å². The van der Waals surface area contributed by atoms with Crippen LogP contribution in [0.4, 0.5) is 4.39 Å². The first-order chi connectivity index (χ1) is 23.7. The van der Waals surface area contributed by atoms with E-state index in [2.05, 4.69) is 39.3 Å². The van der Waals surface area contributed by atoms with Crippen molar-refractivity contribution in [3.63, 3.8) is 0 Å². The Labute approximate surface area is 300 Å². The van der Waals surface area contributed by atoms with Gasteiger partial charge in [0.15, 0.2) is 0 Å². The number of piperidine rings is 2. The molecule has 4 aromatic rings. The smallest absolute Gasteiger partial charge is 0.255 e. The lowest BCUT2D eigenvalue weighted by molar-refractivity contribution is 0.0606. The molecule has 0 saturated carbocycles. The van der Waals surface area contributed by atoms with Gasteiger partial charge in [0, 0.05) is 36.8 Å². The number of hydrogen-bond acceptors (Lipinski definition) is 5. The third kappa shape index (κ3) is 6.84. The van der Waals surface area contributed by atoms with Crippen LogP contribution < -0.4 is 4.72 Å². The van der Waals surface area contributed by atoms with Gasteiger partial charge in [-0.2, -0.15) is 0 Å². The van der Waals surface area contributed by atoms with Gasteiger partial charge in [-0.15, -0.1) is 0 Å². The summed E-state index contributed by atoms with van der Waals surface area (Å²) < 4.78 is 45.9. The molecule has 0 aliphatic carbocycles. The fraction of sp³-hybridized carbons (Fsp3) is 0.487. The number of aromatic nitrogens is 2. The highest BCUT2D eigenvalue weighted by Gasteiger charge is 2.44. The monoisotopic (exact) mass is 719 g/mol. The molecule has 1 N–H and O–H groups in total. The first-order valence-corrected chi connectivity index (χ1v) is 19.7. The number of para-hydroxylation sites is 2. The molecule has 4 heterocycles. The molecule has 3 fully saturated rings. The summed E-state index contributed by atoms with van der Waals surface area (Å²) in [6, 6.07) is 21.1. The molecule has 8 nitrogen and oxygen atoms in total. The van der Waals surface area contributed by atoms with Crippen molar-refractivity contribution in [2.75, 3.05) is 19.6 Å².